The van der Waals surface area contributed by atoms with Crippen molar-refractivity contribution in [2.24, 2.45) is 12.0 Å². The van der Waals surface area contributed by atoms with Crippen molar-refractivity contribution in [2.45, 2.75) is 33.4 Å². The minimum Gasteiger partial charge on any atom is -0.357 e. The molecule has 0 aliphatic rings. The molecule has 0 aliphatic heterocycles. The Morgan fingerprint density at radius 2 is 2.10 bits per heavy atom. The Kier molecular flexibility index (Phi) is 7.29. The summed E-state index contributed by atoms with van der Waals surface area (Å²) >= 11 is 0. The van der Waals surface area contributed by atoms with E-state index in [-0.39, 0.29) is 0 Å². The lowest BCUT2D eigenvalue weighted by atomic mass is 10.3. The average molecular weight is 293 g/mol. The van der Waals surface area contributed by atoms with E-state index in [1.54, 1.807) is 0 Å². The topological polar surface area (TPSA) is 35.8 Å². The number of likely N-dealkylation sites (N-methyl/N-ethyl adjacent to an activating group) is 1. The van der Waals surface area contributed by atoms with E-state index < -0.39 is 0 Å². The second-order valence-electron chi connectivity index (χ2n) is 5.78. The molecule has 0 saturated carbocycles. The van der Waals surface area contributed by atoms with Crippen LogP contribution in [-0.4, -0.2) is 60.1 Å². The maximum atomic E-state index is 4.73. The van der Waals surface area contributed by atoms with E-state index in [4.69, 9.17) is 4.99 Å². The molecule has 0 amide bonds. The molecule has 0 spiro atoms. The summed E-state index contributed by atoms with van der Waals surface area (Å²) in [6, 6.07) is 4.78. The van der Waals surface area contributed by atoms with E-state index in [0.29, 0.717) is 6.04 Å². The summed E-state index contributed by atoms with van der Waals surface area (Å²) in [6.07, 6.45) is 2.07. The molecule has 0 saturated heterocycles. The van der Waals surface area contributed by atoms with Gasteiger partial charge in [-0.2, -0.15) is 0 Å². The Balaban J connectivity index is 2.60. The summed E-state index contributed by atoms with van der Waals surface area (Å²) in [5.74, 6) is 0.968. The van der Waals surface area contributed by atoms with Gasteiger partial charge in [0.15, 0.2) is 5.96 Å². The van der Waals surface area contributed by atoms with Crippen LogP contribution in [0, 0.1) is 0 Å². The summed E-state index contributed by atoms with van der Waals surface area (Å²) in [5, 5.41) is 3.37. The number of hydrogen-bond acceptors (Lipinski definition) is 2. The van der Waals surface area contributed by atoms with Crippen LogP contribution in [0.2, 0.25) is 0 Å². The predicted octanol–water partition coefficient (Wildman–Crippen LogP) is 1.76. The van der Waals surface area contributed by atoms with Gasteiger partial charge in [-0.3, -0.25) is 4.99 Å². The standard InChI is InChI=1S/C16H31N5/c1-7-17-16(18-10-12-19(4)14(2)3)21(6)13-15-9-8-11-20(15)5/h8-9,11,14H,7,10,12-13H2,1-6H3,(H,17,18). The first kappa shape index (κ1) is 17.6. The minimum atomic E-state index is 0.559. The molecular weight excluding hydrogens is 262 g/mol. The molecule has 0 aliphatic carbocycles. The molecule has 120 valence electrons. The van der Waals surface area contributed by atoms with Gasteiger partial charge in [-0.15, -0.1) is 0 Å². The number of hydrogen-bond donors (Lipinski definition) is 1. The van der Waals surface area contributed by atoms with E-state index in [1.807, 2.05) is 0 Å². The first-order valence-electron chi connectivity index (χ1n) is 7.75. The molecule has 1 N–H and O–H groups in total. The Morgan fingerprint density at radius 3 is 2.62 bits per heavy atom. The monoisotopic (exact) mass is 293 g/mol. The Labute approximate surface area is 129 Å². The van der Waals surface area contributed by atoms with Crippen LogP contribution < -0.4 is 5.32 Å². The maximum Gasteiger partial charge on any atom is 0.194 e. The van der Waals surface area contributed by atoms with Gasteiger partial charge in [0.2, 0.25) is 0 Å². The Hall–Kier alpha value is -1.49. The van der Waals surface area contributed by atoms with Crippen molar-refractivity contribution in [2.75, 3.05) is 33.7 Å². The van der Waals surface area contributed by atoms with Crippen molar-refractivity contribution < 1.29 is 0 Å². The fourth-order valence-corrected chi connectivity index (χ4v) is 2.02. The van der Waals surface area contributed by atoms with Crippen molar-refractivity contribution >= 4 is 5.96 Å². The van der Waals surface area contributed by atoms with Crippen LogP contribution in [-0.2, 0) is 13.6 Å². The smallest absolute Gasteiger partial charge is 0.194 e. The summed E-state index contributed by atoms with van der Waals surface area (Å²) in [7, 11) is 6.30. The number of rotatable bonds is 7. The van der Waals surface area contributed by atoms with E-state index in [0.717, 1.165) is 32.1 Å². The summed E-state index contributed by atoms with van der Waals surface area (Å²) < 4.78 is 2.15. The zero-order chi connectivity index (χ0) is 15.8. The molecule has 1 heterocycles. The first-order chi connectivity index (χ1) is 9.95. The largest absolute Gasteiger partial charge is 0.357 e. The van der Waals surface area contributed by atoms with Gasteiger partial charge < -0.3 is 19.7 Å². The quantitative estimate of drug-likeness (QED) is 0.615. The Bertz CT molecular complexity index is 436. The summed E-state index contributed by atoms with van der Waals surface area (Å²) in [5.41, 5.74) is 1.28. The normalized spacial score (nSPS) is 12.3. The minimum absolute atomic E-state index is 0.559. The van der Waals surface area contributed by atoms with Gasteiger partial charge in [0.25, 0.3) is 0 Å². The SMILES string of the molecule is CCNC(=NCCN(C)C(C)C)N(C)Cc1cccn1C. The lowest BCUT2D eigenvalue weighted by Crippen LogP contribution is -2.39. The molecule has 5 nitrogen and oxygen atoms in total. The van der Waals surface area contributed by atoms with Crippen LogP contribution in [0.4, 0.5) is 0 Å². The van der Waals surface area contributed by atoms with E-state index in [2.05, 4.69) is 79.9 Å². The highest BCUT2D eigenvalue weighted by Crippen LogP contribution is 2.04. The Morgan fingerprint density at radius 1 is 1.38 bits per heavy atom. The maximum absolute atomic E-state index is 4.73. The van der Waals surface area contributed by atoms with Gasteiger partial charge in [0.1, 0.15) is 0 Å². The predicted molar refractivity (Wildman–Crippen MR) is 90.6 cm³/mol. The molecule has 0 bridgehead atoms. The molecule has 0 unspecified atom stereocenters. The molecular formula is C16H31N5. The number of guanidine groups is 1. The lowest BCUT2D eigenvalue weighted by molar-refractivity contribution is 0.281. The molecule has 0 fully saturated rings. The third kappa shape index (κ3) is 5.79. The van der Waals surface area contributed by atoms with Gasteiger partial charge in [-0.1, -0.05) is 0 Å². The average Bonchev–Trinajstić information content (AvgIpc) is 2.82. The van der Waals surface area contributed by atoms with Gasteiger partial charge in [-0.05, 0) is 40.0 Å². The van der Waals surface area contributed by atoms with Crippen LogP contribution in [0.1, 0.15) is 26.5 Å². The van der Waals surface area contributed by atoms with Gasteiger partial charge >= 0.3 is 0 Å². The molecule has 0 aromatic carbocycles. The van der Waals surface area contributed by atoms with Crippen molar-refractivity contribution in [3.05, 3.63) is 24.0 Å². The molecule has 1 rings (SSSR count). The highest BCUT2D eigenvalue weighted by atomic mass is 15.3. The van der Waals surface area contributed by atoms with Crippen molar-refractivity contribution in [1.29, 1.82) is 0 Å². The van der Waals surface area contributed by atoms with Crippen molar-refractivity contribution in [1.82, 2.24) is 19.7 Å². The summed E-state index contributed by atoms with van der Waals surface area (Å²) in [6.45, 7) is 10.0. The third-order valence-electron chi connectivity index (χ3n) is 3.74. The fourth-order valence-electron chi connectivity index (χ4n) is 2.02. The van der Waals surface area contributed by atoms with Crippen molar-refractivity contribution in [3.8, 4) is 0 Å². The second-order valence-corrected chi connectivity index (χ2v) is 5.78. The number of aryl methyl sites for hydroxylation is 1. The van der Waals surface area contributed by atoms with Crippen LogP contribution in [0.15, 0.2) is 23.3 Å². The fraction of sp³-hybridized carbons (Fsp3) is 0.688. The second kappa shape index (κ2) is 8.72. The van der Waals surface area contributed by atoms with E-state index >= 15 is 0 Å². The summed E-state index contributed by atoms with van der Waals surface area (Å²) in [4.78, 5) is 9.21. The first-order valence-corrected chi connectivity index (χ1v) is 7.75. The highest BCUT2D eigenvalue weighted by Gasteiger charge is 2.08. The molecule has 1 aromatic rings. The molecule has 1 aromatic heterocycles. The molecule has 5 heteroatoms. The number of aromatic nitrogens is 1. The number of nitrogens with one attached hydrogen (secondary N) is 1. The van der Waals surface area contributed by atoms with Gasteiger partial charge in [-0.25, -0.2) is 0 Å². The highest BCUT2D eigenvalue weighted by molar-refractivity contribution is 5.79. The number of nitrogens with zero attached hydrogens (tertiary/aromatic N) is 4. The van der Waals surface area contributed by atoms with Crippen LogP contribution in [0.5, 0.6) is 0 Å². The van der Waals surface area contributed by atoms with Crippen LogP contribution in [0.25, 0.3) is 0 Å². The third-order valence-corrected chi connectivity index (χ3v) is 3.74. The zero-order valence-electron chi connectivity index (χ0n) is 14.4. The van der Waals surface area contributed by atoms with Crippen molar-refractivity contribution in [3.63, 3.8) is 0 Å². The van der Waals surface area contributed by atoms with Crippen LogP contribution >= 0.6 is 0 Å². The molecule has 0 atom stereocenters. The molecule has 0 radical (unpaired) electrons. The number of aliphatic imine (C=N–C) groups is 1. The zero-order valence-corrected chi connectivity index (χ0v) is 14.4. The van der Waals surface area contributed by atoms with Gasteiger partial charge in [0, 0.05) is 45.1 Å². The molecule has 21 heavy (non-hydrogen) atoms. The lowest BCUT2D eigenvalue weighted by Gasteiger charge is -2.23. The van der Waals surface area contributed by atoms with Crippen LogP contribution in [0.3, 0.4) is 0 Å². The van der Waals surface area contributed by atoms with E-state index in [9.17, 15) is 0 Å². The van der Waals surface area contributed by atoms with Gasteiger partial charge in [0.05, 0.1) is 13.1 Å². The van der Waals surface area contributed by atoms with E-state index in [1.165, 1.54) is 5.69 Å².